The van der Waals surface area contributed by atoms with E-state index < -0.39 is 0 Å². The van der Waals surface area contributed by atoms with E-state index in [4.69, 9.17) is 0 Å². The van der Waals surface area contributed by atoms with E-state index in [1.807, 2.05) is 0 Å². The van der Waals surface area contributed by atoms with Crippen molar-refractivity contribution < 1.29 is 5.11 Å². The fraction of sp³-hybridized carbons (Fsp3) is 0.667. The van der Waals surface area contributed by atoms with Crippen LogP contribution in [0.15, 0.2) is 12.1 Å². The Labute approximate surface area is 122 Å². The monoisotopic (exact) mass is 273 g/mol. The molecule has 0 aliphatic carbocycles. The molecule has 0 radical (unpaired) electrons. The third kappa shape index (κ3) is 2.29. The maximum Gasteiger partial charge on any atom is 0.0822 e. The minimum absolute atomic E-state index is 0.286. The standard InChI is InChI=1S/C18H27NO/c1-11-7-13(3)17(8-12(11)2)18(20)14-9-15-5-6-16(10-14)19(15)4/h7-8,14-16,18,20H,5-6,9-10H2,1-4H3. The Morgan fingerprint density at radius 3 is 2.15 bits per heavy atom. The van der Waals surface area contributed by atoms with Gasteiger partial charge in [-0.25, -0.2) is 0 Å². The number of fused-ring (bicyclic) bond motifs is 2. The second kappa shape index (κ2) is 5.16. The van der Waals surface area contributed by atoms with E-state index in [0.29, 0.717) is 18.0 Å². The quantitative estimate of drug-likeness (QED) is 0.891. The van der Waals surface area contributed by atoms with Gasteiger partial charge in [0.2, 0.25) is 0 Å². The Hall–Kier alpha value is -0.860. The third-order valence-electron chi connectivity index (χ3n) is 5.78. The third-order valence-corrected chi connectivity index (χ3v) is 5.78. The second-order valence-corrected chi connectivity index (χ2v) is 7.02. The van der Waals surface area contributed by atoms with Gasteiger partial charge in [-0.15, -0.1) is 0 Å². The summed E-state index contributed by atoms with van der Waals surface area (Å²) >= 11 is 0. The van der Waals surface area contributed by atoms with Gasteiger partial charge in [0.15, 0.2) is 0 Å². The zero-order valence-corrected chi connectivity index (χ0v) is 13.2. The number of hydrogen-bond donors (Lipinski definition) is 1. The molecule has 2 aliphatic rings. The lowest BCUT2D eigenvalue weighted by Crippen LogP contribution is -2.41. The van der Waals surface area contributed by atoms with Crippen LogP contribution in [0.2, 0.25) is 0 Å². The summed E-state index contributed by atoms with van der Waals surface area (Å²) in [7, 11) is 2.26. The molecule has 3 atom stereocenters. The highest BCUT2D eigenvalue weighted by atomic mass is 16.3. The molecule has 20 heavy (non-hydrogen) atoms. The van der Waals surface area contributed by atoms with Crippen molar-refractivity contribution in [2.24, 2.45) is 5.92 Å². The molecule has 2 heterocycles. The fourth-order valence-corrected chi connectivity index (χ4v) is 4.27. The molecule has 1 N–H and O–H groups in total. The summed E-state index contributed by atoms with van der Waals surface area (Å²) in [5.41, 5.74) is 5.01. The maximum atomic E-state index is 10.9. The zero-order chi connectivity index (χ0) is 14.4. The van der Waals surface area contributed by atoms with E-state index >= 15 is 0 Å². The lowest BCUT2D eigenvalue weighted by Gasteiger charge is -2.38. The summed E-state index contributed by atoms with van der Waals surface area (Å²) in [6.07, 6.45) is 4.65. The van der Waals surface area contributed by atoms with Gasteiger partial charge in [0.1, 0.15) is 0 Å². The largest absolute Gasteiger partial charge is 0.388 e. The van der Waals surface area contributed by atoms with Gasteiger partial charge in [0, 0.05) is 12.1 Å². The van der Waals surface area contributed by atoms with E-state index in [2.05, 4.69) is 44.9 Å². The van der Waals surface area contributed by atoms with Crippen LogP contribution < -0.4 is 0 Å². The van der Waals surface area contributed by atoms with Gasteiger partial charge in [-0.3, -0.25) is 0 Å². The topological polar surface area (TPSA) is 23.5 Å². The van der Waals surface area contributed by atoms with Crippen molar-refractivity contribution in [3.63, 3.8) is 0 Å². The molecular weight excluding hydrogens is 246 g/mol. The summed E-state index contributed by atoms with van der Waals surface area (Å²) < 4.78 is 0. The van der Waals surface area contributed by atoms with Crippen LogP contribution in [0.3, 0.4) is 0 Å². The summed E-state index contributed by atoms with van der Waals surface area (Å²) in [4.78, 5) is 2.54. The van der Waals surface area contributed by atoms with Gasteiger partial charge in [-0.2, -0.15) is 0 Å². The number of benzene rings is 1. The van der Waals surface area contributed by atoms with Gasteiger partial charge in [-0.05, 0) is 81.7 Å². The Morgan fingerprint density at radius 2 is 1.55 bits per heavy atom. The summed E-state index contributed by atoms with van der Waals surface area (Å²) in [6, 6.07) is 5.81. The van der Waals surface area contributed by atoms with Gasteiger partial charge >= 0.3 is 0 Å². The summed E-state index contributed by atoms with van der Waals surface area (Å²) in [5.74, 6) is 0.435. The Kier molecular flexibility index (Phi) is 3.64. The molecule has 0 spiro atoms. The van der Waals surface area contributed by atoms with E-state index in [1.54, 1.807) is 0 Å². The Bertz CT molecular complexity index is 496. The number of aryl methyl sites for hydroxylation is 3. The molecule has 3 unspecified atom stereocenters. The molecule has 110 valence electrons. The highest BCUT2D eigenvalue weighted by Crippen LogP contribution is 2.43. The molecule has 1 aromatic rings. The normalized spacial score (nSPS) is 31.6. The van der Waals surface area contributed by atoms with Gasteiger partial charge in [-0.1, -0.05) is 12.1 Å². The van der Waals surface area contributed by atoms with Crippen molar-refractivity contribution >= 4 is 0 Å². The van der Waals surface area contributed by atoms with E-state index in [-0.39, 0.29) is 6.10 Å². The van der Waals surface area contributed by atoms with Crippen molar-refractivity contribution in [1.82, 2.24) is 4.90 Å². The highest BCUT2D eigenvalue weighted by molar-refractivity contribution is 5.38. The first kappa shape index (κ1) is 14.1. The number of nitrogens with zero attached hydrogens (tertiary/aromatic N) is 1. The van der Waals surface area contributed by atoms with Crippen molar-refractivity contribution in [3.05, 3.63) is 34.4 Å². The Morgan fingerprint density at radius 1 is 1.00 bits per heavy atom. The lowest BCUT2D eigenvalue weighted by molar-refractivity contribution is 0.0353. The number of piperidine rings is 1. The van der Waals surface area contributed by atoms with Crippen LogP contribution in [-0.4, -0.2) is 29.1 Å². The molecule has 3 rings (SSSR count). The molecule has 2 aliphatic heterocycles. The van der Waals surface area contributed by atoms with Gasteiger partial charge < -0.3 is 10.0 Å². The molecule has 2 heteroatoms. The summed E-state index contributed by atoms with van der Waals surface area (Å²) in [5, 5.41) is 10.9. The molecule has 1 aromatic carbocycles. The highest BCUT2D eigenvalue weighted by Gasteiger charge is 2.41. The van der Waals surface area contributed by atoms with Crippen molar-refractivity contribution in [2.45, 2.75) is 64.6 Å². The van der Waals surface area contributed by atoms with Crippen LogP contribution in [0.25, 0.3) is 0 Å². The smallest absolute Gasteiger partial charge is 0.0822 e. The van der Waals surface area contributed by atoms with Crippen LogP contribution in [0.1, 0.15) is 54.0 Å². The first-order valence-corrected chi connectivity index (χ1v) is 7.95. The van der Waals surface area contributed by atoms with Crippen LogP contribution in [0, 0.1) is 26.7 Å². The number of rotatable bonds is 2. The van der Waals surface area contributed by atoms with E-state index in [1.165, 1.54) is 29.5 Å². The van der Waals surface area contributed by atoms with Crippen LogP contribution in [-0.2, 0) is 0 Å². The first-order chi connectivity index (χ1) is 9.47. The zero-order valence-electron chi connectivity index (χ0n) is 13.2. The molecule has 0 aromatic heterocycles. The number of aliphatic hydroxyl groups is 1. The van der Waals surface area contributed by atoms with Crippen molar-refractivity contribution in [3.8, 4) is 0 Å². The Balaban J connectivity index is 1.83. The average Bonchev–Trinajstić information content (AvgIpc) is 2.65. The minimum Gasteiger partial charge on any atom is -0.388 e. The molecule has 2 saturated heterocycles. The molecule has 0 saturated carbocycles. The van der Waals surface area contributed by atoms with Crippen molar-refractivity contribution in [1.29, 1.82) is 0 Å². The second-order valence-electron chi connectivity index (χ2n) is 7.02. The number of aliphatic hydroxyl groups excluding tert-OH is 1. The molecule has 2 bridgehead atoms. The number of hydrogen-bond acceptors (Lipinski definition) is 2. The predicted molar refractivity (Wildman–Crippen MR) is 82.9 cm³/mol. The SMILES string of the molecule is Cc1cc(C)c(C(O)C2CC3CCC(C2)N3C)cc1C. The average molecular weight is 273 g/mol. The lowest BCUT2D eigenvalue weighted by atomic mass is 9.82. The predicted octanol–water partition coefficient (Wildman–Crippen LogP) is 3.52. The first-order valence-electron chi connectivity index (χ1n) is 7.95. The van der Waals surface area contributed by atoms with Crippen LogP contribution >= 0.6 is 0 Å². The van der Waals surface area contributed by atoms with Gasteiger partial charge in [0.05, 0.1) is 6.10 Å². The van der Waals surface area contributed by atoms with E-state index in [9.17, 15) is 5.11 Å². The molecule has 2 nitrogen and oxygen atoms in total. The van der Waals surface area contributed by atoms with Crippen molar-refractivity contribution in [2.75, 3.05) is 7.05 Å². The summed E-state index contributed by atoms with van der Waals surface area (Å²) in [6.45, 7) is 6.42. The fourth-order valence-electron chi connectivity index (χ4n) is 4.27. The molecular formula is C18H27NO. The van der Waals surface area contributed by atoms with Crippen LogP contribution in [0.4, 0.5) is 0 Å². The molecule has 0 amide bonds. The minimum atomic E-state index is -0.286. The maximum absolute atomic E-state index is 10.9. The van der Waals surface area contributed by atoms with Crippen LogP contribution in [0.5, 0.6) is 0 Å². The molecule has 2 fully saturated rings. The van der Waals surface area contributed by atoms with Gasteiger partial charge in [0.25, 0.3) is 0 Å². The van der Waals surface area contributed by atoms with E-state index in [0.717, 1.165) is 18.4 Å².